The van der Waals surface area contributed by atoms with E-state index in [9.17, 15) is 0 Å². The van der Waals surface area contributed by atoms with Gasteiger partial charge in [-0.05, 0) is 38.1 Å². The molecule has 2 aromatic rings. The minimum atomic E-state index is 0.810. The maximum absolute atomic E-state index is 4.58. The van der Waals surface area contributed by atoms with E-state index in [0.29, 0.717) is 0 Å². The molecule has 0 aliphatic carbocycles. The van der Waals surface area contributed by atoms with E-state index in [4.69, 9.17) is 0 Å². The second kappa shape index (κ2) is 8.02. The summed E-state index contributed by atoms with van der Waals surface area (Å²) < 4.78 is 0. The third-order valence-corrected chi connectivity index (χ3v) is 3.89. The predicted octanol–water partition coefficient (Wildman–Crippen LogP) is 3.58. The summed E-state index contributed by atoms with van der Waals surface area (Å²) in [5.74, 6) is 1.70. The van der Waals surface area contributed by atoms with Crippen molar-refractivity contribution in [3.8, 4) is 0 Å². The molecule has 0 fully saturated rings. The van der Waals surface area contributed by atoms with Gasteiger partial charge in [-0.2, -0.15) is 0 Å². The first-order valence-corrected chi connectivity index (χ1v) is 7.97. The van der Waals surface area contributed by atoms with Crippen LogP contribution in [0.3, 0.4) is 0 Å². The summed E-state index contributed by atoms with van der Waals surface area (Å²) in [4.78, 5) is 10.2. The van der Waals surface area contributed by atoms with E-state index in [2.05, 4.69) is 53.4 Å². The Morgan fingerprint density at radius 2 is 1.95 bits per heavy atom. The van der Waals surface area contributed by atoms with Crippen LogP contribution in [-0.2, 0) is 12.3 Å². The molecule has 0 spiro atoms. The van der Waals surface area contributed by atoms with Crippen LogP contribution in [0.4, 0.5) is 0 Å². The van der Waals surface area contributed by atoms with Gasteiger partial charge in [-0.15, -0.1) is 11.8 Å². The van der Waals surface area contributed by atoms with Gasteiger partial charge in [-0.1, -0.05) is 24.6 Å². The Bertz CT molecular complexity index is 526. The fourth-order valence-corrected chi connectivity index (χ4v) is 2.55. The maximum atomic E-state index is 4.58. The summed E-state index contributed by atoms with van der Waals surface area (Å²) >= 11 is 1.77. The smallest absolute Gasteiger partial charge is 0.138 e. The molecule has 0 saturated carbocycles. The van der Waals surface area contributed by atoms with E-state index in [1.54, 1.807) is 11.8 Å². The largest absolute Gasteiger partial charge is 0.311 e. The lowest BCUT2D eigenvalue weighted by molar-refractivity contribution is 0.660. The topological polar surface area (TPSA) is 37.8 Å². The zero-order valence-electron chi connectivity index (χ0n) is 12.1. The molecule has 2 rings (SSSR count). The summed E-state index contributed by atoms with van der Waals surface area (Å²) in [6.45, 7) is 6.11. The van der Waals surface area contributed by atoms with Crippen molar-refractivity contribution in [2.75, 3.05) is 6.54 Å². The summed E-state index contributed by atoms with van der Waals surface area (Å²) in [6.07, 6.45) is 2.99. The quantitative estimate of drug-likeness (QED) is 0.624. The number of nitrogens with one attached hydrogen (secondary N) is 1. The van der Waals surface area contributed by atoms with Crippen molar-refractivity contribution in [2.24, 2.45) is 0 Å². The Kier molecular flexibility index (Phi) is 6.02. The van der Waals surface area contributed by atoms with E-state index < -0.39 is 0 Å². The van der Waals surface area contributed by atoms with Gasteiger partial charge >= 0.3 is 0 Å². The van der Waals surface area contributed by atoms with Crippen LogP contribution in [0.15, 0.2) is 41.4 Å². The first-order valence-electron chi connectivity index (χ1n) is 6.99. The lowest BCUT2D eigenvalue weighted by Crippen LogP contribution is -2.15. The van der Waals surface area contributed by atoms with Gasteiger partial charge in [-0.3, -0.25) is 0 Å². The summed E-state index contributed by atoms with van der Waals surface area (Å²) in [7, 11) is 0. The van der Waals surface area contributed by atoms with E-state index in [1.807, 2.05) is 12.3 Å². The molecule has 0 saturated heterocycles. The fourth-order valence-electron chi connectivity index (χ4n) is 1.78. The van der Waals surface area contributed by atoms with Crippen LogP contribution >= 0.6 is 11.8 Å². The zero-order valence-corrected chi connectivity index (χ0v) is 12.9. The van der Waals surface area contributed by atoms with Gasteiger partial charge in [0.2, 0.25) is 0 Å². The monoisotopic (exact) mass is 287 g/mol. The number of hydrogen-bond acceptors (Lipinski definition) is 4. The number of benzene rings is 1. The number of nitrogens with zero attached hydrogens (tertiary/aromatic N) is 2. The number of aromatic nitrogens is 2. The van der Waals surface area contributed by atoms with Gasteiger partial charge in [0.15, 0.2) is 0 Å². The predicted molar refractivity (Wildman–Crippen MR) is 84.8 cm³/mol. The average Bonchev–Trinajstić information content (AvgIpc) is 2.47. The molecule has 4 heteroatoms. The fraction of sp³-hybridized carbons (Fsp3) is 0.375. The SMILES string of the molecule is CCCNCc1ccnc(CSc2ccc(C)cc2)n1. The molecular weight excluding hydrogens is 266 g/mol. The van der Waals surface area contributed by atoms with Gasteiger partial charge in [0.25, 0.3) is 0 Å². The van der Waals surface area contributed by atoms with Crippen molar-refractivity contribution in [2.45, 2.75) is 37.5 Å². The molecule has 0 aliphatic heterocycles. The Hall–Kier alpha value is -1.39. The van der Waals surface area contributed by atoms with Crippen LogP contribution in [0.25, 0.3) is 0 Å². The third kappa shape index (κ3) is 4.94. The normalized spacial score (nSPS) is 10.7. The summed E-state index contributed by atoms with van der Waals surface area (Å²) in [5.41, 5.74) is 2.35. The lowest BCUT2D eigenvalue weighted by Gasteiger charge is -2.05. The van der Waals surface area contributed by atoms with E-state index in [0.717, 1.165) is 36.8 Å². The second-order valence-electron chi connectivity index (χ2n) is 4.74. The standard InChI is InChI=1S/C16H21N3S/c1-3-9-17-11-14-8-10-18-16(19-14)12-20-15-6-4-13(2)5-7-15/h4-8,10,17H,3,9,11-12H2,1-2H3. The number of rotatable bonds is 7. The highest BCUT2D eigenvalue weighted by atomic mass is 32.2. The Morgan fingerprint density at radius 3 is 2.70 bits per heavy atom. The molecule has 0 aliphatic rings. The van der Waals surface area contributed by atoms with Crippen molar-refractivity contribution in [3.05, 3.63) is 53.6 Å². The maximum Gasteiger partial charge on any atom is 0.138 e. The second-order valence-corrected chi connectivity index (χ2v) is 5.79. The molecule has 20 heavy (non-hydrogen) atoms. The Morgan fingerprint density at radius 1 is 1.15 bits per heavy atom. The molecule has 0 atom stereocenters. The molecule has 3 nitrogen and oxygen atoms in total. The number of aryl methyl sites for hydroxylation is 1. The van der Waals surface area contributed by atoms with Crippen molar-refractivity contribution in [3.63, 3.8) is 0 Å². The molecule has 1 N–H and O–H groups in total. The first-order chi connectivity index (χ1) is 9.78. The van der Waals surface area contributed by atoms with Gasteiger partial charge in [0.1, 0.15) is 5.82 Å². The van der Waals surface area contributed by atoms with E-state index >= 15 is 0 Å². The van der Waals surface area contributed by atoms with Gasteiger partial charge in [-0.25, -0.2) is 9.97 Å². The first kappa shape index (κ1) is 15.0. The minimum absolute atomic E-state index is 0.810. The molecule has 0 bridgehead atoms. The molecule has 1 aromatic heterocycles. The van der Waals surface area contributed by atoms with Gasteiger partial charge in [0.05, 0.1) is 11.4 Å². The molecule has 0 amide bonds. The Labute approximate surface area is 125 Å². The number of hydrogen-bond donors (Lipinski definition) is 1. The van der Waals surface area contributed by atoms with E-state index in [1.165, 1.54) is 10.5 Å². The van der Waals surface area contributed by atoms with E-state index in [-0.39, 0.29) is 0 Å². The minimum Gasteiger partial charge on any atom is -0.311 e. The van der Waals surface area contributed by atoms with Crippen LogP contribution in [0.2, 0.25) is 0 Å². The molecule has 1 heterocycles. The average molecular weight is 287 g/mol. The highest BCUT2D eigenvalue weighted by Gasteiger charge is 2.01. The summed E-state index contributed by atoms with van der Waals surface area (Å²) in [6, 6.07) is 10.5. The van der Waals surface area contributed by atoms with Gasteiger partial charge in [0, 0.05) is 17.6 Å². The van der Waals surface area contributed by atoms with Crippen LogP contribution in [0.1, 0.15) is 30.4 Å². The van der Waals surface area contributed by atoms with Crippen molar-refractivity contribution >= 4 is 11.8 Å². The Balaban J connectivity index is 1.89. The molecule has 1 aromatic carbocycles. The zero-order chi connectivity index (χ0) is 14.2. The van der Waals surface area contributed by atoms with Crippen LogP contribution < -0.4 is 5.32 Å². The van der Waals surface area contributed by atoms with Crippen LogP contribution in [0.5, 0.6) is 0 Å². The molecule has 0 radical (unpaired) electrons. The highest BCUT2D eigenvalue weighted by Crippen LogP contribution is 2.21. The molecule has 106 valence electrons. The van der Waals surface area contributed by atoms with Crippen LogP contribution in [-0.4, -0.2) is 16.5 Å². The van der Waals surface area contributed by atoms with Crippen LogP contribution in [0, 0.1) is 6.92 Å². The highest BCUT2D eigenvalue weighted by molar-refractivity contribution is 7.98. The molecular formula is C16H21N3S. The number of thioether (sulfide) groups is 1. The molecule has 0 unspecified atom stereocenters. The van der Waals surface area contributed by atoms with Gasteiger partial charge < -0.3 is 5.32 Å². The van der Waals surface area contributed by atoms with Crippen molar-refractivity contribution in [1.29, 1.82) is 0 Å². The van der Waals surface area contributed by atoms with Crippen molar-refractivity contribution in [1.82, 2.24) is 15.3 Å². The summed E-state index contributed by atoms with van der Waals surface area (Å²) in [5, 5.41) is 3.36. The lowest BCUT2D eigenvalue weighted by atomic mass is 10.2. The van der Waals surface area contributed by atoms with Crippen molar-refractivity contribution < 1.29 is 0 Å². The third-order valence-electron chi connectivity index (χ3n) is 2.88.